The van der Waals surface area contributed by atoms with Crippen molar-refractivity contribution in [2.75, 3.05) is 23.9 Å². The Morgan fingerprint density at radius 2 is 1.52 bits per heavy atom. The quantitative estimate of drug-likeness (QED) is 0.370. The van der Waals surface area contributed by atoms with Crippen LogP contribution in [0, 0.1) is 25.5 Å². The third kappa shape index (κ3) is 4.50. The molecule has 0 N–H and O–H groups in total. The zero-order valence-electron chi connectivity index (χ0n) is 19.0. The normalized spacial score (nSPS) is 17.0. The SMILES string of the molecule is CN1[CH-]N(c2[c-]c(Oc3[c-]c(N4[CH-]N(C)C(C)(C)c5ccccc54)ccc3)ccc2)C=N1.[Pt+4]. The molecule has 0 atom stereocenters. The van der Waals surface area contributed by atoms with E-state index in [1.165, 1.54) is 5.56 Å². The number of hydrogen-bond acceptors (Lipinski definition) is 6. The van der Waals surface area contributed by atoms with Crippen molar-refractivity contribution in [3.8, 4) is 11.5 Å². The average Bonchev–Trinajstić information content (AvgIpc) is 3.23. The summed E-state index contributed by atoms with van der Waals surface area (Å²) in [6, 6.07) is 26.9. The molecule has 0 bridgehead atoms. The molecule has 3 aromatic rings. The summed E-state index contributed by atoms with van der Waals surface area (Å²) in [4.78, 5) is 6.27. The predicted octanol–water partition coefficient (Wildman–Crippen LogP) is 5.33. The van der Waals surface area contributed by atoms with Crippen molar-refractivity contribution in [1.29, 1.82) is 0 Å². The van der Waals surface area contributed by atoms with Crippen molar-refractivity contribution in [3.63, 3.8) is 0 Å². The minimum Gasteiger partial charge on any atom is -0.509 e. The number of para-hydroxylation sites is 1. The molecule has 5 rings (SSSR count). The Hall–Kier alpha value is -2.82. The summed E-state index contributed by atoms with van der Waals surface area (Å²) in [6.07, 6.45) is 1.74. The van der Waals surface area contributed by atoms with Gasteiger partial charge in [0.25, 0.3) is 0 Å². The van der Waals surface area contributed by atoms with Crippen molar-refractivity contribution >= 4 is 23.4 Å². The van der Waals surface area contributed by atoms with Crippen LogP contribution in [0.2, 0.25) is 0 Å². The standard InChI is InChI=1S/C26H25N5O.Pt/c1-26(2)24-13-5-6-14-25(24)31(18-28(26)3)21-10-8-12-23(16-21)32-22-11-7-9-20(15-22)30-17-27-29(4)19-30;/h5-14,17-19H,1-4H3;/q-4;+4. The van der Waals surface area contributed by atoms with Gasteiger partial charge in [0.15, 0.2) is 0 Å². The number of hydrogen-bond donors (Lipinski definition) is 0. The summed E-state index contributed by atoms with van der Waals surface area (Å²) in [5, 5.41) is 5.94. The van der Waals surface area contributed by atoms with Gasteiger partial charge in [0.2, 0.25) is 0 Å². The molecular weight excluding hydrogens is 593 g/mol. The molecule has 0 amide bonds. The van der Waals surface area contributed by atoms with Crippen LogP contribution in [0.25, 0.3) is 0 Å². The largest absolute Gasteiger partial charge is 4.00 e. The summed E-state index contributed by atoms with van der Waals surface area (Å²) < 4.78 is 6.13. The Balaban J connectivity index is 0.00000259. The molecule has 2 heterocycles. The first kappa shape index (κ1) is 23.3. The van der Waals surface area contributed by atoms with Gasteiger partial charge in [-0.1, -0.05) is 23.9 Å². The molecule has 0 saturated heterocycles. The number of benzene rings is 3. The average molecular weight is 619 g/mol. The van der Waals surface area contributed by atoms with Gasteiger partial charge in [-0.3, -0.25) is 0 Å². The first-order chi connectivity index (χ1) is 15.4. The fraction of sp³-hybridized carbons (Fsp3) is 0.192. The fourth-order valence-corrected chi connectivity index (χ4v) is 3.87. The number of rotatable bonds is 4. The molecule has 0 spiro atoms. The third-order valence-electron chi connectivity index (χ3n) is 5.91. The number of anilines is 3. The van der Waals surface area contributed by atoms with Crippen LogP contribution in [0.3, 0.4) is 0 Å². The van der Waals surface area contributed by atoms with Gasteiger partial charge in [-0.15, -0.1) is 48.8 Å². The summed E-state index contributed by atoms with van der Waals surface area (Å²) in [5.74, 6) is 1.25. The topological polar surface area (TPSA) is 34.6 Å². The van der Waals surface area contributed by atoms with Crippen molar-refractivity contribution in [2.24, 2.45) is 5.10 Å². The summed E-state index contributed by atoms with van der Waals surface area (Å²) in [5.41, 5.74) is 4.08. The van der Waals surface area contributed by atoms with Crippen molar-refractivity contribution < 1.29 is 25.8 Å². The summed E-state index contributed by atoms with van der Waals surface area (Å²) in [7, 11) is 3.98. The molecule has 6 nitrogen and oxygen atoms in total. The molecule has 170 valence electrons. The zero-order valence-corrected chi connectivity index (χ0v) is 21.2. The second kappa shape index (κ2) is 9.20. The Bertz CT molecular complexity index is 1160. The van der Waals surface area contributed by atoms with Crippen LogP contribution in [0.15, 0.2) is 65.8 Å². The van der Waals surface area contributed by atoms with Gasteiger partial charge >= 0.3 is 21.1 Å². The van der Waals surface area contributed by atoms with Gasteiger partial charge in [-0.05, 0) is 39.6 Å². The molecule has 0 aromatic heterocycles. The molecule has 0 saturated carbocycles. The van der Waals surface area contributed by atoms with Gasteiger partial charge in [-0.25, -0.2) is 5.10 Å². The smallest absolute Gasteiger partial charge is 0.509 e. The van der Waals surface area contributed by atoms with Gasteiger partial charge in [0.05, 0.1) is 6.34 Å². The maximum atomic E-state index is 6.13. The minimum atomic E-state index is -0.0967. The van der Waals surface area contributed by atoms with Gasteiger partial charge in [-0.2, -0.15) is 18.8 Å². The van der Waals surface area contributed by atoms with Gasteiger partial charge in [0.1, 0.15) is 0 Å². The van der Waals surface area contributed by atoms with Crippen molar-refractivity contribution in [2.45, 2.75) is 19.4 Å². The maximum absolute atomic E-state index is 6.13. The van der Waals surface area contributed by atoms with Crippen LogP contribution in [0.4, 0.5) is 17.1 Å². The number of ether oxygens (including phenoxy) is 1. The Morgan fingerprint density at radius 3 is 2.21 bits per heavy atom. The Kier molecular flexibility index (Phi) is 6.51. The monoisotopic (exact) mass is 618 g/mol. The van der Waals surface area contributed by atoms with E-state index in [9.17, 15) is 0 Å². The first-order valence-electron chi connectivity index (χ1n) is 10.5. The van der Waals surface area contributed by atoms with Gasteiger partial charge < -0.3 is 24.4 Å². The van der Waals surface area contributed by atoms with Crippen LogP contribution >= 0.6 is 0 Å². The minimum absolute atomic E-state index is 0. The summed E-state index contributed by atoms with van der Waals surface area (Å²) in [6.45, 7) is 8.45. The molecule has 7 heteroatoms. The van der Waals surface area contributed by atoms with E-state index in [0.29, 0.717) is 11.5 Å². The van der Waals surface area contributed by atoms with Gasteiger partial charge in [0, 0.05) is 22.7 Å². The molecule has 33 heavy (non-hydrogen) atoms. The number of nitrogens with zero attached hydrogens (tertiary/aromatic N) is 5. The maximum Gasteiger partial charge on any atom is 4.00 e. The second-order valence-corrected chi connectivity index (χ2v) is 8.40. The molecule has 0 radical (unpaired) electrons. The third-order valence-corrected chi connectivity index (χ3v) is 5.91. The molecule has 0 fully saturated rings. The molecule has 2 aliphatic heterocycles. The van der Waals surface area contributed by atoms with E-state index in [2.05, 4.69) is 78.9 Å². The molecule has 2 aliphatic rings. The Morgan fingerprint density at radius 1 is 0.848 bits per heavy atom. The van der Waals surface area contributed by atoms with E-state index in [4.69, 9.17) is 4.74 Å². The summed E-state index contributed by atoms with van der Waals surface area (Å²) >= 11 is 0. The van der Waals surface area contributed by atoms with Crippen LogP contribution in [0.5, 0.6) is 11.5 Å². The Labute approximate surface area is 210 Å². The van der Waals surface area contributed by atoms with E-state index in [-0.39, 0.29) is 26.6 Å². The van der Waals surface area contributed by atoms with Crippen LogP contribution in [0.1, 0.15) is 19.4 Å². The van der Waals surface area contributed by atoms with Crippen LogP contribution in [-0.4, -0.2) is 30.3 Å². The van der Waals surface area contributed by atoms with E-state index in [0.717, 1.165) is 17.1 Å². The van der Waals surface area contributed by atoms with E-state index in [1.54, 1.807) is 11.3 Å². The van der Waals surface area contributed by atoms with Crippen molar-refractivity contribution in [3.05, 3.63) is 91.7 Å². The predicted molar refractivity (Wildman–Crippen MR) is 127 cm³/mol. The van der Waals surface area contributed by atoms with Crippen LogP contribution in [-0.2, 0) is 26.6 Å². The van der Waals surface area contributed by atoms with Crippen LogP contribution < -0.4 is 14.5 Å². The number of hydrazone groups is 1. The molecule has 0 aliphatic carbocycles. The van der Waals surface area contributed by atoms with E-state index in [1.807, 2.05) is 55.0 Å². The first-order valence-corrected chi connectivity index (χ1v) is 10.5. The molecule has 3 aromatic carbocycles. The van der Waals surface area contributed by atoms with E-state index < -0.39 is 0 Å². The molecule has 0 unspecified atom stereocenters. The zero-order chi connectivity index (χ0) is 22.3. The van der Waals surface area contributed by atoms with Crippen molar-refractivity contribution in [1.82, 2.24) is 9.91 Å². The second-order valence-electron chi connectivity index (χ2n) is 8.40. The fourth-order valence-electron chi connectivity index (χ4n) is 3.87. The molecular formula is C26H25N5OPt. The van der Waals surface area contributed by atoms with E-state index >= 15 is 0 Å². The number of fused-ring (bicyclic) bond motifs is 1.